The quantitative estimate of drug-likeness (QED) is 0.824. The Balaban J connectivity index is 1.57. The van der Waals surface area contributed by atoms with Crippen LogP contribution in [0.4, 0.5) is 5.69 Å². The van der Waals surface area contributed by atoms with Crippen LogP contribution in [0.5, 0.6) is 0 Å². The number of anilines is 1. The molecule has 3 rings (SSSR count). The number of allylic oxidation sites excluding steroid dienone is 1. The summed E-state index contributed by atoms with van der Waals surface area (Å²) in [6, 6.07) is 4.41. The molecule has 1 fully saturated rings. The van der Waals surface area contributed by atoms with Crippen LogP contribution in [-0.4, -0.2) is 55.1 Å². The smallest absolute Gasteiger partial charge is 0.269 e. The summed E-state index contributed by atoms with van der Waals surface area (Å²) >= 11 is 0. The van der Waals surface area contributed by atoms with E-state index in [1.165, 1.54) is 19.3 Å². The van der Waals surface area contributed by atoms with Crippen molar-refractivity contribution in [2.75, 3.05) is 38.1 Å². The normalized spacial score (nSPS) is 21.6. The molecule has 1 aliphatic heterocycles. The lowest BCUT2D eigenvalue weighted by molar-refractivity contribution is 0.0958. The molecule has 1 N–H and O–H groups in total. The van der Waals surface area contributed by atoms with Gasteiger partial charge in [-0.2, -0.15) is 0 Å². The molecule has 1 atom stereocenters. The summed E-state index contributed by atoms with van der Waals surface area (Å²) in [5.74, 6) is -0.139. The van der Waals surface area contributed by atoms with Gasteiger partial charge in [0.05, 0.1) is 11.9 Å². The Morgan fingerprint density at radius 2 is 2.00 bits per heavy atom. The van der Waals surface area contributed by atoms with Crippen LogP contribution in [0.2, 0.25) is 0 Å². The summed E-state index contributed by atoms with van der Waals surface area (Å²) in [4.78, 5) is 20.9. The Kier molecular flexibility index (Phi) is 5.66. The molecule has 1 aliphatic carbocycles. The molecular formula is C21H32N4O. The average Bonchev–Trinajstić information content (AvgIpc) is 3.19. The minimum atomic E-state index is -0.139. The van der Waals surface area contributed by atoms with E-state index in [2.05, 4.69) is 46.9 Å². The molecule has 142 valence electrons. The van der Waals surface area contributed by atoms with Crippen molar-refractivity contribution in [1.82, 2.24) is 15.2 Å². The minimum Gasteiger partial charge on any atom is -0.368 e. The van der Waals surface area contributed by atoms with Gasteiger partial charge < -0.3 is 10.2 Å². The first-order valence-electron chi connectivity index (χ1n) is 9.83. The van der Waals surface area contributed by atoms with E-state index in [0.717, 1.165) is 31.9 Å². The molecular weight excluding hydrogens is 324 g/mol. The maximum absolute atomic E-state index is 11.6. The van der Waals surface area contributed by atoms with Gasteiger partial charge in [-0.1, -0.05) is 32.4 Å². The van der Waals surface area contributed by atoms with E-state index in [-0.39, 0.29) is 5.91 Å². The zero-order chi connectivity index (χ0) is 18.7. The lowest BCUT2D eigenvalue weighted by atomic mass is 9.81. The number of carbonyl (C=O) groups is 1. The highest BCUT2D eigenvalue weighted by molar-refractivity contribution is 5.92. The maximum Gasteiger partial charge on any atom is 0.269 e. The van der Waals surface area contributed by atoms with Gasteiger partial charge in [0.2, 0.25) is 0 Å². The molecule has 1 amide bonds. The Morgan fingerprint density at radius 3 is 2.58 bits per heavy atom. The molecule has 0 aromatic carbocycles. The highest BCUT2D eigenvalue weighted by Crippen LogP contribution is 2.38. The lowest BCUT2D eigenvalue weighted by Gasteiger charge is -2.38. The number of carbonyl (C=O) groups excluding carboxylic acids is 1. The zero-order valence-corrected chi connectivity index (χ0v) is 16.6. The van der Waals surface area contributed by atoms with Crippen molar-refractivity contribution in [2.24, 2.45) is 5.41 Å². The van der Waals surface area contributed by atoms with E-state index in [0.29, 0.717) is 17.2 Å². The van der Waals surface area contributed by atoms with Crippen molar-refractivity contribution in [2.45, 2.75) is 46.1 Å². The number of nitrogens with one attached hydrogen (secondary N) is 1. The molecule has 1 saturated heterocycles. The van der Waals surface area contributed by atoms with Crippen molar-refractivity contribution in [3.05, 3.63) is 35.7 Å². The molecule has 1 unspecified atom stereocenters. The number of amides is 1. The van der Waals surface area contributed by atoms with E-state index in [9.17, 15) is 4.79 Å². The molecule has 2 heterocycles. The summed E-state index contributed by atoms with van der Waals surface area (Å²) in [6.07, 6.45) is 8.08. The predicted octanol–water partition coefficient (Wildman–Crippen LogP) is 3.09. The first-order valence-corrected chi connectivity index (χ1v) is 9.83. The topological polar surface area (TPSA) is 48.5 Å². The van der Waals surface area contributed by atoms with Gasteiger partial charge in [0, 0.05) is 39.3 Å². The van der Waals surface area contributed by atoms with Crippen molar-refractivity contribution >= 4 is 11.6 Å². The number of piperazine rings is 1. The van der Waals surface area contributed by atoms with Crippen LogP contribution in [0.15, 0.2) is 30.0 Å². The molecule has 0 bridgehead atoms. The summed E-state index contributed by atoms with van der Waals surface area (Å²) < 4.78 is 0. The molecule has 5 heteroatoms. The molecule has 0 radical (unpaired) electrons. The Morgan fingerprint density at radius 1 is 1.27 bits per heavy atom. The molecule has 2 aliphatic rings. The van der Waals surface area contributed by atoms with Crippen molar-refractivity contribution in [1.29, 1.82) is 0 Å². The maximum atomic E-state index is 11.6. The van der Waals surface area contributed by atoms with Crippen LogP contribution >= 0.6 is 0 Å². The molecule has 26 heavy (non-hydrogen) atoms. The van der Waals surface area contributed by atoms with Gasteiger partial charge in [-0.05, 0) is 36.8 Å². The first kappa shape index (κ1) is 18.9. The van der Waals surface area contributed by atoms with Crippen LogP contribution in [0, 0.1) is 5.41 Å². The number of aromatic nitrogens is 1. The predicted molar refractivity (Wildman–Crippen MR) is 107 cm³/mol. The van der Waals surface area contributed by atoms with Crippen molar-refractivity contribution in [3.8, 4) is 0 Å². The number of rotatable bonds is 5. The van der Waals surface area contributed by atoms with E-state index >= 15 is 0 Å². The molecule has 0 saturated carbocycles. The van der Waals surface area contributed by atoms with Gasteiger partial charge >= 0.3 is 0 Å². The van der Waals surface area contributed by atoms with E-state index in [4.69, 9.17) is 0 Å². The van der Waals surface area contributed by atoms with Crippen LogP contribution < -0.4 is 10.2 Å². The van der Waals surface area contributed by atoms with E-state index in [1.54, 1.807) is 18.7 Å². The van der Waals surface area contributed by atoms with Crippen molar-refractivity contribution < 1.29 is 4.79 Å². The second kappa shape index (κ2) is 7.78. The number of pyridine rings is 1. The molecule has 0 spiro atoms. The number of hydrogen-bond acceptors (Lipinski definition) is 4. The van der Waals surface area contributed by atoms with Crippen LogP contribution in [0.1, 0.15) is 50.5 Å². The standard InChI is InChI=1S/C21H32N4O/c1-5-21(2,3)16-6-7-17(14-16)24-10-12-25(13-11-24)18-8-9-19(23-15-18)20(26)22-4/h8-9,14-15,17H,5-7,10-13H2,1-4H3,(H,22,26). The third kappa shape index (κ3) is 3.93. The summed E-state index contributed by atoms with van der Waals surface area (Å²) in [5.41, 5.74) is 3.56. The van der Waals surface area contributed by atoms with Gasteiger partial charge in [0.25, 0.3) is 5.91 Å². The SMILES string of the molecule is CCC(C)(C)C1=CC(N2CCN(c3ccc(C(=O)NC)nc3)CC2)CC1. The van der Waals surface area contributed by atoms with Gasteiger partial charge in [0.15, 0.2) is 0 Å². The zero-order valence-electron chi connectivity index (χ0n) is 16.6. The van der Waals surface area contributed by atoms with Gasteiger partial charge in [0.1, 0.15) is 5.69 Å². The molecule has 1 aromatic heterocycles. The van der Waals surface area contributed by atoms with Gasteiger partial charge in [-0.15, -0.1) is 0 Å². The van der Waals surface area contributed by atoms with Gasteiger partial charge in [-0.25, -0.2) is 4.98 Å². The second-order valence-corrected chi connectivity index (χ2v) is 8.04. The monoisotopic (exact) mass is 356 g/mol. The van der Waals surface area contributed by atoms with Crippen LogP contribution in [0.3, 0.4) is 0 Å². The fourth-order valence-electron chi connectivity index (χ4n) is 3.93. The number of nitrogens with zero attached hydrogens (tertiary/aromatic N) is 3. The largest absolute Gasteiger partial charge is 0.368 e. The first-order chi connectivity index (χ1) is 12.4. The van der Waals surface area contributed by atoms with Crippen molar-refractivity contribution in [3.63, 3.8) is 0 Å². The summed E-state index contributed by atoms with van der Waals surface area (Å²) in [7, 11) is 1.63. The second-order valence-electron chi connectivity index (χ2n) is 8.04. The fraction of sp³-hybridized carbons (Fsp3) is 0.619. The average molecular weight is 357 g/mol. The van der Waals surface area contributed by atoms with E-state index in [1.807, 2.05) is 12.3 Å². The summed E-state index contributed by atoms with van der Waals surface area (Å²) in [5, 5.41) is 2.61. The van der Waals surface area contributed by atoms with E-state index < -0.39 is 0 Å². The minimum absolute atomic E-state index is 0.139. The highest BCUT2D eigenvalue weighted by atomic mass is 16.1. The Hall–Kier alpha value is -1.88. The number of hydrogen-bond donors (Lipinski definition) is 1. The third-order valence-corrected chi connectivity index (χ3v) is 6.21. The Bertz CT molecular complexity index is 657. The Labute approximate surface area is 157 Å². The van der Waals surface area contributed by atoms with Crippen LogP contribution in [-0.2, 0) is 0 Å². The highest BCUT2D eigenvalue weighted by Gasteiger charge is 2.31. The summed E-state index contributed by atoms with van der Waals surface area (Å²) in [6.45, 7) is 11.2. The molecule has 1 aromatic rings. The lowest BCUT2D eigenvalue weighted by Crippen LogP contribution is -2.49. The van der Waals surface area contributed by atoms with Gasteiger partial charge in [-0.3, -0.25) is 9.69 Å². The molecule has 5 nitrogen and oxygen atoms in total. The fourth-order valence-corrected chi connectivity index (χ4v) is 3.93. The van der Waals surface area contributed by atoms with Crippen LogP contribution in [0.25, 0.3) is 0 Å². The third-order valence-electron chi connectivity index (χ3n) is 6.21.